The van der Waals surface area contributed by atoms with Crippen molar-refractivity contribution in [2.75, 3.05) is 13.2 Å². The molecule has 0 aliphatic rings. The Morgan fingerprint density at radius 2 is 0.628 bits per heavy atom. The van der Waals surface area contributed by atoms with E-state index in [-0.39, 0.29) is 11.2 Å². The third-order valence-corrected chi connectivity index (χ3v) is 29.1. The van der Waals surface area contributed by atoms with Crippen LogP contribution in [0, 0.1) is 13.8 Å². The fourth-order valence-electron chi connectivity index (χ4n) is 16.1. The minimum atomic E-state index is -2.32. The zero-order valence-corrected chi connectivity index (χ0v) is 67.0. The molecular formula is C82H90Cl4N2O2Si2Zr2. The van der Waals surface area contributed by atoms with Crippen LogP contribution in [0.2, 0.25) is 25.2 Å². The van der Waals surface area contributed by atoms with Crippen LogP contribution in [-0.2, 0) is 65.3 Å². The van der Waals surface area contributed by atoms with Crippen molar-refractivity contribution in [3.63, 3.8) is 0 Å². The summed E-state index contributed by atoms with van der Waals surface area (Å²) in [5.74, 6) is 0. The predicted octanol–water partition coefficient (Wildman–Crippen LogP) is 23.0. The number of ether oxygens (including phenoxy) is 2. The van der Waals surface area contributed by atoms with Crippen LogP contribution in [-0.4, -0.2) is 49.7 Å². The summed E-state index contributed by atoms with van der Waals surface area (Å²) in [6.07, 6.45) is 9.63. The van der Waals surface area contributed by atoms with Gasteiger partial charge in [0.25, 0.3) is 0 Å². The topological polar surface area (TPSA) is 28.3 Å². The molecule has 14 aromatic rings. The zero-order chi connectivity index (χ0) is 66.7. The number of hydrogen-bond donors (Lipinski definition) is 0. The van der Waals surface area contributed by atoms with Crippen LogP contribution >= 0.6 is 34.1 Å². The first-order valence-electron chi connectivity index (χ1n) is 33.7. The average Bonchev–Trinajstić information content (AvgIpc) is 1.54. The molecule has 2 aromatic heterocycles. The number of fused-ring (bicyclic) bond motifs is 16. The molecule has 2 unspecified atom stereocenters. The molecule has 0 saturated heterocycles. The Morgan fingerprint density at radius 3 is 0.926 bits per heavy atom. The second-order valence-corrected chi connectivity index (χ2v) is 44.2. The van der Waals surface area contributed by atoms with Crippen molar-refractivity contribution in [1.29, 1.82) is 0 Å². The Hall–Kier alpha value is -4.40. The fourth-order valence-corrected chi connectivity index (χ4v) is 26.0. The number of aromatic nitrogens is 2. The standard InChI is InChI=1S/2C41H45NOSi.4ClH.2Zr/c2*1-28-23-24-36-35(27-28)37-38(42(36)5)31-19-11-14-22-34(31)40(37)44(6,26-16-8-7-15-25-43-41(2,3)4)39-32-20-12-9-17-29(32)30-18-10-13-21-33(30)39;;;;;;/h2*9-14,17-24,27H,7-8,15-16,25-26H2,1-6H3;4*1H;;/q2*-2;;;;;2*+4/p-4. The maximum atomic E-state index is 6.05. The molecule has 2 heterocycles. The molecule has 0 radical (unpaired) electrons. The van der Waals surface area contributed by atoms with E-state index in [0.717, 1.165) is 26.1 Å². The van der Waals surface area contributed by atoms with E-state index in [2.05, 4.69) is 274 Å². The molecule has 94 heavy (non-hydrogen) atoms. The van der Waals surface area contributed by atoms with Gasteiger partial charge in [0.05, 0.1) is 11.2 Å². The summed E-state index contributed by atoms with van der Waals surface area (Å²) in [6, 6.07) is 71.8. The molecular weight excluding hydrogens is 1430 g/mol. The molecule has 0 amide bonds. The third kappa shape index (κ3) is 14.1. The molecule has 2 atom stereocenters. The van der Waals surface area contributed by atoms with Crippen molar-refractivity contribution in [1.82, 2.24) is 9.13 Å². The van der Waals surface area contributed by atoms with Gasteiger partial charge in [0.1, 0.15) is 0 Å². The molecule has 0 aliphatic heterocycles. The van der Waals surface area contributed by atoms with Crippen LogP contribution in [0.25, 0.3) is 108 Å². The van der Waals surface area contributed by atoms with Crippen molar-refractivity contribution >= 4 is 179 Å². The monoisotopic (exact) mass is 1510 g/mol. The maximum absolute atomic E-state index is 6.05. The Morgan fingerprint density at radius 1 is 0.362 bits per heavy atom. The summed E-state index contributed by atoms with van der Waals surface area (Å²) in [5, 5.41) is 29.5. The molecule has 0 fully saturated rings. The Bertz CT molecular complexity index is 4540. The SMILES string of the molecule is Cc1ccc2c(c1)c1c(c3ccccc3[c-]1[Si](C)(CCCCCCOC(C)(C)C)[c-]1c3ccccc3c3ccccc31)n2C.Cc1ccc2c(c1)c1c(c3ccccc3[c-]1[Si](C)(CCCCCCOC(C)(C)C)[c-]1c3ccccc3c3ccccc31)n2C.[Cl][Zr+2][Cl].[Cl][Zr+2][Cl]. The minimum absolute atomic E-state index is 0.0631. The second-order valence-electron chi connectivity index (χ2n) is 28.4. The van der Waals surface area contributed by atoms with E-state index in [1.54, 1.807) is 20.7 Å². The van der Waals surface area contributed by atoms with Gasteiger partial charge in [-0.2, -0.15) is 0 Å². The molecule has 0 saturated carbocycles. The van der Waals surface area contributed by atoms with Gasteiger partial charge < -0.3 is 18.6 Å². The van der Waals surface area contributed by atoms with Crippen LogP contribution < -0.4 is 20.7 Å². The predicted molar refractivity (Wildman–Crippen MR) is 414 cm³/mol. The van der Waals surface area contributed by atoms with Gasteiger partial charge in [0, 0.05) is 54.5 Å². The molecule has 0 spiro atoms. The summed E-state index contributed by atoms with van der Waals surface area (Å²) in [6.45, 7) is 24.5. The number of rotatable bonds is 18. The van der Waals surface area contributed by atoms with E-state index < -0.39 is 57.8 Å². The molecule has 14 rings (SSSR count). The first-order valence-corrected chi connectivity index (χ1v) is 51.8. The Labute approximate surface area is 597 Å². The molecule has 4 nitrogen and oxygen atoms in total. The van der Waals surface area contributed by atoms with E-state index in [4.69, 9.17) is 43.5 Å². The Balaban J connectivity index is 0.000000177. The average molecular weight is 1520 g/mol. The fraction of sp³-hybridized carbons (Fsp3) is 0.317. The van der Waals surface area contributed by atoms with Crippen LogP contribution in [0.15, 0.2) is 182 Å². The molecule has 0 bridgehead atoms. The van der Waals surface area contributed by atoms with Crippen molar-refractivity contribution in [2.24, 2.45) is 14.1 Å². The first kappa shape index (κ1) is 70.9. The molecule has 12 heteroatoms. The summed E-state index contributed by atoms with van der Waals surface area (Å²) in [5.41, 5.74) is 7.99. The van der Waals surface area contributed by atoms with Crippen LogP contribution in [0.4, 0.5) is 0 Å². The van der Waals surface area contributed by atoms with Crippen LogP contribution in [0.1, 0.15) is 104 Å². The quantitative estimate of drug-likeness (QED) is 0.0487. The van der Waals surface area contributed by atoms with Gasteiger partial charge in [0.15, 0.2) is 0 Å². The molecule has 0 aliphatic carbocycles. The number of nitrogens with zero attached hydrogens (tertiary/aromatic N) is 2. The zero-order valence-electron chi connectivity index (χ0n) is 57.0. The van der Waals surface area contributed by atoms with Crippen molar-refractivity contribution in [3.05, 3.63) is 193 Å². The summed E-state index contributed by atoms with van der Waals surface area (Å²) < 4.78 is 17.0. The summed E-state index contributed by atoms with van der Waals surface area (Å²) in [7, 11) is 19.6. The van der Waals surface area contributed by atoms with Crippen LogP contribution in [0.5, 0.6) is 0 Å². The first-order chi connectivity index (χ1) is 45.2. The number of aryl methyl sites for hydroxylation is 4. The molecule has 484 valence electrons. The second kappa shape index (κ2) is 30.4. The van der Waals surface area contributed by atoms with E-state index in [1.165, 1.54) is 170 Å². The van der Waals surface area contributed by atoms with Crippen LogP contribution in [0.3, 0.4) is 0 Å². The van der Waals surface area contributed by atoms with Crippen molar-refractivity contribution in [2.45, 2.75) is 143 Å². The Kier molecular flexibility index (Phi) is 22.9. The van der Waals surface area contributed by atoms with Gasteiger partial charge in [-0.25, -0.2) is 0 Å². The van der Waals surface area contributed by atoms with E-state index >= 15 is 0 Å². The van der Waals surface area contributed by atoms with Crippen molar-refractivity contribution in [3.8, 4) is 0 Å². The van der Waals surface area contributed by atoms with E-state index in [0.29, 0.717) is 0 Å². The van der Waals surface area contributed by atoms with Gasteiger partial charge in [-0.1, -0.05) is 241 Å². The van der Waals surface area contributed by atoms with E-state index in [1.807, 2.05) is 0 Å². The molecule has 0 N–H and O–H groups in total. The normalized spacial score (nSPS) is 13.4. The summed E-state index contributed by atoms with van der Waals surface area (Å²) in [4.78, 5) is 0. The number of benzene rings is 8. The van der Waals surface area contributed by atoms with Gasteiger partial charge in [-0.05, 0) is 91.4 Å². The number of halogens is 4. The number of hydrogen-bond acceptors (Lipinski definition) is 2. The molecule has 12 aromatic carbocycles. The third-order valence-electron chi connectivity index (χ3n) is 19.9. The van der Waals surface area contributed by atoms with Gasteiger partial charge >= 0.3 is 75.7 Å². The van der Waals surface area contributed by atoms with Gasteiger partial charge in [0.2, 0.25) is 0 Å². The van der Waals surface area contributed by atoms with E-state index in [9.17, 15) is 0 Å². The van der Waals surface area contributed by atoms with Crippen molar-refractivity contribution < 1.29 is 51.2 Å². The summed E-state index contributed by atoms with van der Waals surface area (Å²) >= 11 is -1.65. The van der Waals surface area contributed by atoms with Gasteiger partial charge in [-0.15, -0.1) is 111 Å². The number of unbranched alkanes of at least 4 members (excludes halogenated alkanes) is 6. The van der Waals surface area contributed by atoms with Gasteiger partial charge in [-0.3, -0.25) is 0 Å².